The fraction of sp³-hybridized carbons (Fsp3) is 0.500. The SMILES string of the molecule is CCOC(=O)C1CCN(C(=O)C(=O)Nc2ccccc2CC)CC1. The largest absolute Gasteiger partial charge is 0.466 e. The van der Waals surface area contributed by atoms with Gasteiger partial charge in [0.05, 0.1) is 12.5 Å². The van der Waals surface area contributed by atoms with Crippen molar-refractivity contribution in [3.63, 3.8) is 0 Å². The molecule has 0 saturated carbocycles. The quantitative estimate of drug-likeness (QED) is 0.676. The topological polar surface area (TPSA) is 75.7 Å². The first-order chi connectivity index (χ1) is 11.6. The average Bonchev–Trinajstić information content (AvgIpc) is 2.61. The van der Waals surface area contributed by atoms with Gasteiger partial charge in [-0.05, 0) is 37.8 Å². The highest BCUT2D eigenvalue weighted by Crippen LogP contribution is 2.20. The summed E-state index contributed by atoms with van der Waals surface area (Å²) < 4.78 is 5.01. The number of nitrogens with zero attached hydrogens (tertiary/aromatic N) is 1. The van der Waals surface area contributed by atoms with Gasteiger partial charge in [0.25, 0.3) is 0 Å². The predicted molar refractivity (Wildman–Crippen MR) is 90.4 cm³/mol. The third kappa shape index (κ3) is 4.34. The molecule has 1 N–H and O–H groups in total. The normalized spacial score (nSPS) is 15.0. The molecule has 0 aliphatic carbocycles. The van der Waals surface area contributed by atoms with Crippen LogP contribution in [0.1, 0.15) is 32.3 Å². The standard InChI is InChI=1S/C18H24N2O4/c1-3-13-7-5-6-8-15(13)19-16(21)17(22)20-11-9-14(10-12-20)18(23)24-4-2/h5-8,14H,3-4,9-12H2,1-2H3,(H,19,21). The molecular weight excluding hydrogens is 308 g/mol. The Morgan fingerprint density at radius 3 is 2.46 bits per heavy atom. The molecule has 1 aromatic rings. The van der Waals surface area contributed by atoms with E-state index in [1.165, 1.54) is 4.90 Å². The number of rotatable bonds is 4. The maximum atomic E-state index is 12.3. The Kier molecular flexibility index (Phi) is 6.35. The number of anilines is 1. The van der Waals surface area contributed by atoms with Gasteiger partial charge < -0.3 is 15.0 Å². The van der Waals surface area contributed by atoms with Crippen LogP contribution in [0.5, 0.6) is 0 Å². The number of hydrogen-bond donors (Lipinski definition) is 1. The maximum Gasteiger partial charge on any atom is 0.313 e. The molecule has 6 heteroatoms. The van der Waals surface area contributed by atoms with Crippen molar-refractivity contribution in [1.82, 2.24) is 4.90 Å². The lowest BCUT2D eigenvalue weighted by atomic mass is 9.97. The summed E-state index contributed by atoms with van der Waals surface area (Å²) in [6, 6.07) is 7.43. The van der Waals surface area contributed by atoms with Gasteiger partial charge in [0, 0.05) is 18.8 Å². The number of para-hydroxylation sites is 1. The summed E-state index contributed by atoms with van der Waals surface area (Å²) in [7, 11) is 0. The molecule has 2 rings (SSSR count). The Morgan fingerprint density at radius 1 is 1.17 bits per heavy atom. The number of ether oxygens (including phenoxy) is 1. The average molecular weight is 332 g/mol. The molecule has 6 nitrogen and oxygen atoms in total. The van der Waals surface area contributed by atoms with Crippen molar-refractivity contribution in [2.24, 2.45) is 5.92 Å². The third-order valence-electron chi connectivity index (χ3n) is 4.24. The first-order valence-electron chi connectivity index (χ1n) is 8.41. The summed E-state index contributed by atoms with van der Waals surface area (Å²) in [6.45, 7) is 4.91. The van der Waals surface area contributed by atoms with Crippen LogP contribution in [0.2, 0.25) is 0 Å². The van der Waals surface area contributed by atoms with E-state index >= 15 is 0 Å². The van der Waals surface area contributed by atoms with Crippen LogP contribution in [-0.4, -0.2) is 42.4 Å². The maximum absolute atomic E-state index is 12.3. The van der Waals surface area contributed by atoms with Gasteiger partial charge in [0.1, 0.15) is 0 Å². The molecule has 1 saturated heterocycles. The number of carbonyl (C=O) groups excluding carboxylic acids is 3. The molecule has 1 heterocycles. The van der Waals surface area contributed by atoms with E-state index in [-0.39, 0.29) is 11.9 Å². The van der Waals surface area contributed by atoms with Crippen molar-refractivity contribution >= 4 is 23.5 Å². The molecule has 24 heavy (non-hydrogen) atoms. The van der Waals surface area contributed by atoms with Crippen LogP contribution in [-0.2, 0) is 25.5 Å². The summed E-state index contributed by atoms with van der Waals surface area (Å²) in [5, 5.41) is 2.69. The second-order valence-electron chi connectivity index (χ2n) is 5.78. The first-order valence-corrected chi connectivity index (χ1v) is 8.41. The molecular formula is C18H24N2O4. The van der Waals surface area contributed by atoms with Crippen LogP contribution in [0, 0.1) is 5.92 Å². The lowest BCUT2D eigenvalue weighted by molar-refractivity contribution is -0.152. The fourth-order valence-electron chi connectivity index (χ4n) is 2.85. The van der Waals surface area contributed by atoms with Crippen LogP contribution < -0.4 is 5.32 Å². The number of carbonyl (C=O) groups is 3. The Hall–Kier alpha value is -2.37. The highest BCUT2D eigenvalue weighted by Gasteiger charge is 2.30. The zero-order valence-corrected chi connectivity index (χ0v) is 14.2. The van der Waals surface area contributed by atoms with E-state index in [4.69, 9.17) is 4.74 Å². The summed E-state index contributed by atoms with van der Waals surface area (Å²) in [5.74, 6) is -1.59. The molecule has 1 aromatic carbocycles. The molecule has 0 unspecified atom stereocenters. The van der Waals surface area contributed by atoms with Crippen LogP contribution >= 0.6 is 0 Å². The van der Waals surface area contributed by atoms with Crippen molar-refractivity contribution in [1.29, 1.82) is 0 Å². The van der Waals surface area contributed by atoms with E-state index in [0.29, 0.717) is 38.2 Å². The lowest BCUT2D eigenvalue weighted by Crippen LogP contribution is -2.45. The number of likely N-dealkylation sites (tertiary alicyclic amines) is 1. The highest BCUT2D eigenvalue weighted by molar-refractivity contribution is 6.39. The number of esters is 1. The number of aryl methyl sites for hydroxylation is 1. The van der Waals surface area contributed by atoms with Gasteiger partial charge in [-0.3, -0.25) is 14.4 Å². The summed E-state index contributed by atoms with van der Waals surface area (Å²) in [4.78, 5) is 37.7. The van der Waals surface area contributed by atoms with Gasteiger partial charge in [0.2, 0.25) is 0 Å². The number of amides is 2. The Bertz CT molecular complexity index is 607. The van der Waals surface area contributed by atoms with Crippen LogP contribution in [0.25, 0.3) is 0 Å². The second kappa shape index (κ2) is 8.47. The molecule has 0 bridgehead atoms. The predicted octanol–water partition coefficient (Wildman–Crippen LogP) is 1.99. The third-order valence-corrected chi connectivity index (χ3v) is 4.24. The van der Waals surface area contributed by atoms with Crippen molar-refractivity contribution in [2.45, 2.75) is 33.1 Å². The minimum Gasteiger partial charge on any atom is -0.466 e. The van der Waals surface area contributed by atoms with E-state index in [0.717, 1.165) is 12.0 Å². The van der Waals surface area contributed by atoms with Crippen molar-refractivity contribution in [3.8, 4) is 0 Å². The van der Waals surface area contributed by atoms with Gasteiger partial charge in [-0.15, -0.1) is 0 Å². The minimum absolute atomic E-state index is 0.183. The smallest absolute Gasteiger partial charge is 0.313 e. The summed E-state index contributed by atoms with van der Waals surface area (Å²) in [6.07, 6.45) is 1.84. The monoisotopic (exact) mass is 332 g/mol. The zero-order valence-electron chi connectivity index (χ0n) is 14.2. The minimum atomic E-state index is -0.634. The number of hydrogen-bond acceptors (Lipinski definition) is 4. The molecule has 1 aliphatic heterocycles. The highest BCUT2D eigenvalue weighted by atomic mass is 16.5. The molecule has 130 valence electrons. The van der Waals surface area contributed by atoms with Gasteiger partial charge >= 0.3 is 17.8 Å². The molecule has 0 radical (unpaired) electrons. The molecule has 2 amide bonds. The van der Waals surface area contributed by atoms with Crippen LogP contribution in [0.15, 0.2) is 24.3 Å². The van der Waals surface area contributed by atoms with Crippen LogP contribution in [0.4, 0.5) is 5.69 Å². The Morgan fingerprint density at radius 2 is 1.83 bits per heavy atom. The Balaban J connectivity index is 1.90. The van der Waals surface area contributed by atoms with E-state index in [1.807, 2.05) is 25.1 Å². The number of piperidine rings is 1. The van der Waals surface area contributed by atoms with Gasteiger partial charge in [-0.1, -0.05) is 25.1 Å². The Labute approximate surface area is 142 Å². The van der Waals surface area contributed by atoms with Gasteiger partial charge in [-0.25, -0.2) is 0 Å². The van der Waals surface area contributed by atoms with E-state index < -0.39 is 11.8 Å². The molecule has 0 atom stereocenters. The zero-order chi connectivity index (χ0) is 17.5. The van der Waals surface area contributed by atoms with Crippen molar-refractivity contribution in [3.05, 3.63) is 29.8 Å². The molecule has 1 aliphatic rings. The van der Waals surface area contributed by atoms with Crippen molar-refractivity contribution < 1.29 is 19.1 Å². The van der Waals surface area contributed by atoms with E-state index in [9.17, 15) is 14.4 Å². The molecule has 1 fully saturated rings. The van der Waals surface area contributed by atoms with Gasteiger partial charge in [-0.2, -0.15) is 0 Å². The molecule has 0 spiro atoms. The van der Waals surface area contributed by atoms with Crippen molar-refractivity contribution in [2.75, 3.05) is 25.0 Å². The summed E-state index contributed by atoms with van der Waals surface area (Å²) >= 11 is 0. The van der Waals surface area contributed by atoms with E-state index in [2.05, 4.69) is 5.32 Å². The fourth-order valence-corrected chi connectivity index (χ4v) is 2.85. The van der Waals surface area contributed by atoms with E-state index in [1.54, 1.807) is 13.0 Å². The van der Waals surface area contributed by atoms with Crippen LogP contribution in [0.3, 0.4) is 0 Å². The number of nitrogens with one attached hydrogen (secondary N) is 1. The second-order valence-corrected chi connectivity index (χ2v) is 5.78. The lowest BCUT2D eigenvalue weighted by Gasteiger charge is -2.30. The molecule has 0 aromatic heterocycles. The van der Waals surface area contributed by atoms with Gasteiger partial charge in [0.15, 0.2) is 0 Å². The first kappa shape index (κ1) is 18.0. The summed E-state index contributed by atoms with van der Waals surface area (Å²) in [5.41, 5.74) is 1.65. The number of benzene rings is 1.